The molecule has 3 aromatic rings. The maximum Gasteiger partial charge on any atom is 0.222 e. The van der Waals surface area contributed by atoms with E-state index in [9.17, 15) is 0 Å². The number of aryl methyl sites for hydroxylation is 2. The van der Waals surface area contributed by atoms with Crippen LogP contribution in [0.1, 0.15) is 12.9 Å². The Morgan fingerprint density at radius 3 is 2.89 bits per heavy atom. The molecule has 0 aliphatic heterocycles. The number of aromatic amines is 1. The van der Waals surface area contributed by atoms with Crippen LogP contribution in [0.2, 0.25) is 0 Å². The Morgan fingerprint density at radius 1 is 1.17 bits per heavy atom. The van der Waals surface area contributed by atoms with Crippen molar-refractivity contribution in [3.05, 3.63) is 48.0 Å². The van der Waals surface area contributed by atoms with Crippen molar-refractivity contribution in [2.75, 3.05) is 0 Å². The van der Waals surface area contributed by atoms with Gasteiger partial charge in [-0.3, -0.25) is 0 Å². The van der Waals surface area contributed by atoms with Gasteiger partial charge < -0.3 is 9.72 Å². The molecule has 2 heterocycles. The summed E-state index contributed by atoms with van der Waals surface area (Å²) in [5.41, 5.74) is 2.25. The molecule has 0 radical (unpaired) electrons. The van der Waals surface area contributed by atoms with Gasteiger partial charge in [0.15, 0.2) is 0 Å². The lowest BCUT2D eigenvalue weighted by Crippen LogP contribution is -1.91. The smallest absolute Gasteiger partial charge is 0.222 e. The molecule has 0 bridgehead atoms. The van der Waals surface area contributed by atoms with E-state index in [4.69, 9.17) is 4.74 Å². The Labute approximate surface area is 106 Å². The minimum absolute atomic E-state index is 0. The lowest BCUT2D eigenvalue weighted by molar-refractivity contribution is 0.460. The number of fused-ring (bicyclic) bond motifs is 1. The Hall–Kier alpha value is -2.36. The predicted octanol–water partition coefficient (Wildman–Crippen LogP) is 3.61. The van der Waals surface area contributed by atoms with Crippen molar-refractivity contribution in [3.8, 4) is 11.6 Å². The van der Waals surface area contributed by atoms with Crippen LogP contribution in [0.25, 0.3) is 10.9 Å². The lowest BCUT2D eigenvalue weighted by Gasteiger charge is -2.04. The number of benzene rings is 1. The van der Waals surface area contributed by atoms with E-state index in [1.54, 1.807) is 12.3 Å². The monoisotopic (exact) mass is 241 g/mol. The third-order valence-electron chi connectivity index (χ3n) is 2.70. The van der Waals surface area contributed by atoms with Crippen LogP contribution in [-0.4, -0.2) is 15.0 Å². The third-order valence-corrected chi connectivity index (χ3v) is 2.70. The molecular formula is C14H15N3O. The van der Waals surface area contributed by atoms with E-state index in [-0.39, 0.29) is 1.43 Å². The first-order valence-electron chi connectivity index (χ1n) is 5.77. The molecule has 0 unspecified atom stereocenters. The van der Waals surface area contributed by atoms with Crippen LogP contribution in [0.15, 0.2) is 36.5 Å². The van der Waals surface area contributed by atoms with Gasteiger partial charge in [0.05, 0.1) is 0 Å². The maximum absolute atomic E-state index is 5.71. The van der Waals surface area contributed by atoms with Crippen LogP contribution in [-0.2, 0) is 0 Å². The van der Waals surface area contributed by atoms with Gasteiger partial charge in [-0.2, -0.15) is 4.98 Å². The second-order valence-corrected chi connectivity index (χ2v) is 4.25. The van der Waals surface area contributed by atoms with E-state index in [1.807, 2.05) is 32.0 Å². The van der Waals surface area contributed by atoms with E-state index in [0.29, 0.717) is 11.7 Å². The summed E-state index contributed by atoms with van der Waals surface area (Å²) in [7, 11) is 0. The molecule has 4 heteroatoms. The number of ether oxygens (including phenoxy) is 1. The Kier molecular flexibility index (Phi) is 2.48. The van der Waals surface area contributed by atoms with Gasteiger partial charge in [-0.15, -0.1) is 0 Å². The molecule has 0 amide bonds. The second-order valence-electron chi connectivity index (χ2n) is 4.25. The summed E-state index contributed by atoms with van der Waals surface area (Å²) >= 11 is 0. The zero-order valence-electron chi connectivity index (χ0n) is 10.3. The number of aromatic nitrogens is 3. The van der Waals surface area contributed by atoms with E-state index in [0.717, 1.165) is 22.3 Å². The van der Waals surface area contributed by atoms with Gasteiger partial charge in [-0.25, -0.2) is 4.98 Å². The first kappa shape index (κ1) is 10.8. The van der Waals surface area contributed by atoms with Crippen LogP contribution in [0.3, 0.4) is 0 Å². The van der Waals surface area contributed by atoms with Crippen molar-refractivity contribution in [1.82, 2.24) is 15.0 Å². The summed E-state index contributed by atoms with van der Waals surface area (Å²) in [6, 6.07) is 9.77. The molecule has 1 aromatic carbocycles. The number of nitrogens with zero attached hydrogens (tertiary/aromatic N) is 2. The summed E-state index contributed by atoms with van der Waals surface area (Å²) in [5, 5.41) is 1.13. The van der Waals surface area contributed by atoms with Crippen LogP contribution in [0.4, 0.5) is 0 Å². The average Bonchev–Trinajstić information content (AvgIpc) is 2.68. The zero-order chi connectivity index (χ0) is 12.5. The quantitative estimate of drug-likeness (QED) is 0.745. The fourth-order valence-electron chi connectivity index (χ4n) is 1.93. The number of nitrogens with one attached hydrogen (secondary N) is 1. The van der Waals surface area contributed by atoms with Crippen molar-refractivity contribution in [2.24, 2.45) is 0 Å². The normalized spacial score (nSPS) is 10.8. The van der Waals surface area contributed by atoms with E-state index in [1.165, 1.54) is 0 Å². The standard InChI is InChI=1S/C14H13N3O.H2/c1-9-7-11-8-12(3-4-13(11)16-9)18-14-5-6-15-10(2)17-14;/h3-8,16H,1-2H3;1H. The number of hydrogen-bond donors (Lipinski definition) is 1. The maximum atomic E-state index is 5.71. The molecule has 0 saturated carbocycles. The lowest BCUT2D eigenvalue weighted by atomic mass is 10.2. The van der Waals surface area contributed by atoms with Gasteiger partial charge in [0.25, 0.3) is 0 Å². The molecule has 18 heavy (non-hydrogen) atoms. The van der Waals surface area contributed by atoms with E-state index in [2.05, 4.69) is 21.0 Å². The van der Waals surface area contributed by atoms with Crippen LogP contribution >= 0.6 is 0 Å². The number of hydrogen-bond acceptors (Lipinski definition) is 3. The Bertz CT molecular complexity index is 709. The highest BCUT2D eigenvalue weighted by Crippen LogP contribution is 2.24. The van der Waals surface area contributed by atoms with Crippen molar-refractivity contribution in [1.29, 1.82) is 0 Å². The van der Waals surface area contributed by atoms with Crippen molar-refractivity contribution < 1.29 is 6.16 Å². The summed E-state index contributed by atoms with van der Waals surface area (Å²) in [5.74, 6) is 2.04. The topological polar surface area (TPSA) is 50.8 Å². The van der Waals surface area contributed by atoms with E-state index >= 15 is 0 Å². The molecule has 0 aliphatic rings. The highest BCUT2D eigenvalue weighted by Gasteiger charge is 2.02. The molecule has 0 aliphatic carbocycles. The molecule has 2 aromatic heterocycles. The van der Waals surface area contributed by atoms with Gasteiger partial charge in [0, 0.05) is 30.3 Å². The van der Waals surface area contributed by atoms with Gasteiger partial charge in [0.2, 0.25) is 5.88 Å². The molecule has 0 saturated heterocycles. The molecule has 1 N–H and O–H groups in total. The molecule has 92 valence electrons. The molecule has 4 nitrogen and oxygen atoms in total. The first-order chi connectivity index (χ1) is 8.70. The van der Waals surface area contributed by atoms with Crippen LogP contribution in [0.5, 0.6) is 11.6 Å². The van der Waals surface area contributed by atoms with E-state index < -0.39 is 0 Å². The number of H-pyrrole nitrogens is 1. The minimum Gasteiger partial charge on any atom is -0.439 e. The summed E-state index contributed by atoms with van der Waals surface area (Å²) in [6.07, 6.45) is 1.69. The fraction of sp³-hybridized carbons (Fsp3) is 0.143. The molecule has 0 atom stereocenters. The van der Waals surface area contributed by atoms with Crippen LogP contribution < -0.4 is 4.74 Å². The SMILES string of the molecule is Cc1nccc(Oc2ccc3[nH]c(C)cc3c2)n1.[HH]. The number of rotatable bonds is 2. The van der Waals surface area contributed by atoms with Gasteiger partial charge in [0.1, 0.15) is 11.6 Å². The molecular weight excluding hydrogens is 226 g/mol. The zero-order valence-corrected chi connectivity index (χ0v) is 10.3. The van der Waals surface area contributed by atoms with Crippen molar-refractivity contribution in [2.45, 2.75) is 13.8 Å². The van der Waals surface area contributed by atoms with Gasteiger partial charge >= 0.3 is 0 Å². The average molecular weight is 241 g/mol. The fourth-order valence-corrected chi connectivity index (χ4v) is 1.93. The van der Waals surface area contributed by atoms with Crippen molar-refractivity contribution >= 4 is 10.9 Å². The second kappa shape index (κ2) is 4.14. The molecule has 0 spiro atoms. The highest BCUT2D eigenvalue weighted by molar-refractivity contribution is 5.81. The summed E-state index contributed by atoms with van der Waals surface area (Å²) in [6.45, 7) is 3.87. The summed E-state index contributed by atoms with van der Waals surface area (Å²) in [4.78, 5) is 11.5. The van der Waals surface area contributed by atoms with Crippen LogP contribution in [0, 0.1) is 13.8 Å². The predicted molar refractivity (Wildman–Crippen MR) is 72.0 cm³/mol. The molecule has 0 fully saturated rings. The Balaban J connectivity index is 0.00000133. The first-order valence-corrected chi connectivity index (χ1v) is 5.77. The summed E-state index contributed by atoms with van der Waals surface area (Å²) < 4.78 is 5.71. The van der Waals surface area contributed by atoms with Crippen molar-refractivity contribution in [3.63, 3.8) is 0 Å². The minimum atomic E-state index is 0. The highest BCUT2D eigenvalue weighted by atomic mass is 16.5. The van der Waals surface area contributed by atoms with Gasteiger partial charge in [-0.05, 0) is 38.1 Å². The third kappa shape index (κ3) is 2.05. The van der Waals surface area contributed by atoms with Gasteiger partial charge in [-0.1, -0.05) is 0 Å². The molecule has 3 rings (SSSR count). The largest absolute Gasteiger partial charge is 0.439 e. The Morgan fingerprint density at radius 2 is 2.06 bits per heavy atom.